The highest BCUT2D eigenvalue weighted by molar-refractivity contribution is 7.98. The van der Waals surface area contributed by atoms with Crippen LogP contribution in [0.2, 0.25) is 0 Å². The molecular formula is C21H26N6O2S2. The highest BCUT2D eigenvalue weighted by atomic mass is 32.2. The highest BCUT2D eigenvalue weighted by Gasteiger charge is 2.23. The average molecular weight is 459 g/mol. The van der Waals surface area contributed by atoms with Gasteiger partial charge in [0.2, 0.25) is 17.6 Å². The Balaban J connectivity index is 1.26. The Morgan fingerprint density at radius 3 is 2.55 bits per heavy atom. The molecule has 10 heteroatoms. The first kappa shape index (κ1) is 21.9. The molecule has 8 nitrogen and oxygen atoms in total. The molecule has 3 aromatic heterocycles. The van der Waals surface area contributed by atoms with E-state index in [1.807, 2.05) is 42.5 Å². The van der Waals surface area contributed by atoms with Crippen LogP contribution in [-0.2, 0) is 17.8 Å². The molecule has 1 fully saturated rings. The van der Waals surface area contributed by atoms with Gasteiger partial charge >= 0.3 is 0 Å². The van der Waals surface area contributed by atoms with Gasteiger partial charge in [0.05, 0.1) is 11.4 Å². The lowest BCUT2D eigenvalue weighted by atomic mass is 10.1. The number of aryl methyl sites for hydroxylation is 2. The number of thiophene rings is 1. The van der Waals surface area contributed by atoms with Crippen LogP contribution in [0.15, 0.2) is 27.2 Å². The molecule has 1 aliphatic rings. The maximum Gasteiger partial charge on any atom is 0.241 e. The van der Waals surface area contributed by atoms with Crippen LogP contribution in [0.4, 0.5) is 0 Å². The zero-order valence-corrected chi connectivity index (χ0v) is 19.6. The quantitative estimate of drug-likeness (QED) is 0.394. The van der Waals surface area contributed by atoms with Crippen molar-refractivity contribution in [2.45, 2.75) is 38.4 Å². The van der Waals surface area contributed by atoms with Crippen LogP contribution >= 0.6 is 23.1 Å². The van der Waals surface area contributed by atoms with Crippen molar-refractivity contribution in [3.05, 3.63) is 40.4 Å². The molecular weight excluding hydrogens is 432 g/mol. The number of rotatable bonds is 7. The number of carbonyl (C=O) groups is 1. The van der Waals surface area contributed by atoms with E-state index in [1.165, 1.54) is 11.8 Å². The van der Waals surface area contributed by atoms with E-state index in [0.717, 1.165) is 40.1 Å². The van der Waals surface area contributed by atoms with E-state index in [-0.39, 0.29) is 5.91 Å². The van der Waals surface area contributed by atoms with Crippen LogP contribution in [0.5, 0.6) is 0 Å². The van der Waals surface area contributed by atoms with Crippen LogP contribution in [-0.4, -0.2) is 68.3 Å². The molecule has 31 heavy (non-hydrogen) atoms. The predicted octanol–water partition coefficient (Wildman–Crippen LogP) is 3.20. The molecule has 0 aromatic carbocycles. The Bertz CT molecular complexity index is 1010. The van der Waals surface area contributed by atoms with E-state index >= 15 is 0 Å². The molecule has 0 atom stereocenters. The third kappa shape index (κ3) is 5.31. The summed E-state index contributed by atoms with van der Waals surface area (Å²) < 4.78 is 5.40. The maximum atomic E-state index is 12.7. The number of amides is 1. The standard InChI is InChI=1S/C21H26N6O2S2/c1-14-16(15(2)23-21(22-14)30-3)6-7-19(28)27-10-8-26(9-11-27)13-18-24-20(25-29-18)17-5-4-12-31-17/h4-5,12H,6-11,13H2,1-3H3. The van der Waals surface area contributed by atoms with E-state index in [0.29, 0.717) is 44.2 Å². The van der Waals surface area contributed by atoms with E-state index in [4.69, 9.17) is 4.52 Å². The summed E-state index contributed by atoms with van der Waals surface area (Å²) in [6.45, 7) is 7.62. The minimum absolute atomic E-state index is 0.185. The average Bonchev–Trinajstić information content (AvgIpc) is 3.45. The molecule has 3 aromatic rings. The summed E-state index contributed by atoms with van der Waals surface area (Å²) in [6.07, 6.45) is 3.13. The van der Waals surface area contributed by atoms with Crippen molar-refractivity contribution in [3.8, 4) is 10.7 Å². The molecule has 0 spiro atoms. The zero-order chi connectivity index (χ0) is 21.8. The van der Waals surface area contributed by atoms with Gasteiger partial charge in [-0.3, -0.25) is 9.69 Å². The number of piperazine rings is 1. The topological polar surface area (TPSA) is 88.3 Å². The predicted molar refractivity (Wildman–Crippen MR) is 121 cm³/mol. The van der Waals surface area contributed by atoms with Crippen LogP contribution < -0.4 is 0 Å². The van der Waals surface area contributed by atoms with E-state index in [9.17, 15) is 4.79 Å². The van der Waals surface area contributed by atoms with Gasteiger partial charge in [0, 0.05) is 44.0 Å². The summed E-state index contributed by atoms with van der Waals surface area (Å²) >= 11 is 3.13. The van der Waals surface area contributed by atoms with Crippen molar-refractivity contribution in [1.82, 2.24) is 29.9 Å². The molecule has 0 aliphatic carbocycles. The molecule has 0 bridgehead atoms. The first-order valence-electron chi connectivity index (χ1n) is 10.3. The van der Waals surface area contributed by atoms with E-state index < -0.39 is 0 Å². The second kappa shape index (κ2) is 9.88. The molecule has 0 unspecified atom stereocenters. The van der Waals surface area contributed by atoms with Crippen molar-refractivity contribution in [3.63, 3.8) is 0 Å². The third-order valence-corrected chi connectivity index (χ3v) is 6.88. The first-order valence-corrected chi connectivity index (χ1v) is 12.4. The molecule has 0 saturated carbocycles. The number of thioether (sulfide) groups is 1. The fourth-order valence-electron chi connectivity index (χ4n) is 3.72. The first-order chi connectivity index (χ1) is 15.0. The SMILES string of the molecule is CSc1nc(C)c(CCC(=O)N2CCN(Cc3nc(-c4cccs4)no3)CC2)c(C)n1. The molecule has 1 aliphatic heterocycles. The summed E-state index contributed by atoms with van der Waals surface area (Å²) in [7, 11) is 0. The van der Waals surface area contributed by atoms with Gasteiger partial charge < -0.3 is 9.42 Å². The second-order valence-electron chi connectivity index (χ2n) is 7.51. The lowest BCUT2D eigenvalue weighted by Crippen LogP contribution is -2.48. The van der Waals surface area contributed by atoms with Crippen molar-refractivity contribution < 1.29 is 9.32 Å². The van der Waals surface area contributed by atoms with Gasteiger partial charge in [-0.25, -0.2) is 9.97 Å². The molecule has 164 valence electrons. The summed E-state index contributed by atoms with van der Waals surface area (Å²) in [4.78, 5) is 31.5. The second-order valence-corrected chi connectivity index (χ2v) is 9.23. The molecule has 4 heterocycles. The molecule has 0 radical (unpaired) electrons. The van der Waals surface area contributed by atoms with Gasteiger partial charge in [-0.05, 0) is 43.5 Å². The minimum Gasteiger partial charge on any atom is -0.340 e. The summed E-state index contributed by atoms with van der Waals surface area (Å²) in [5.41, 5.74) is 3.02. The fourth-order valence-corrected chi connectivity index (χ4v) is 4.83. The highest BCUT2D eigenvalue weighted by Crippen LogP contribution is 2.22. The van der Waals surface area contributed by atoms with Crippen molar-refractivity contribution in [2.75, 3.05) is 32.4 Å². The van der Waals surface area contributed by atoms with Gasteiger partial charge in [-0.15, -0.1) is 11.3 Å². The van der Waals surface area contributed by atoms with Crippen LogP contribution in [0, 0.1) is 13.8 Å². The Hall–Kier alpha value is -2.30. The summed E-state index contributed by atoms with van der Waals surface area (Å²) in [6, 6.07) is 3.96. The third-order valence-electron chi connectivity index (χ3n) is 5.47. The van der Waals surface area contributed by atoms with Crippen molar-refractivity contribution in [1.29, 1.82) is 0 Å². The molecule has 1 saturated heterocycles. The van der Waals surface area contributed by atoms with Crippen LogP contribution in [0.25, 0.3) is 10.7 Å². The van der Waals surface area contributed by atoms with Crippen molar-refractivity contribution in [2.24, 2.45) is 0 Å². The Labute approximate surface area is 190 Å². The monoisotopic (exact) mass is 458 g/mol. The Morgan fingerprint density at radius 2 is 1.90 bits per heavy atom. The molecule has 4 rings (SSSR count). The van der Waals surface area contributed by atoms with Crippen molar-refractivity contribution >= 4 is 29.0 Å². The van der Waals surface area contributed by atoms with E-state index in [1.54, 1.807) is 11.3 Å². The zero-order valence-electron chi connectivity index (χ0n) is 18.0. The lowest BCUT2D eigenvalue weighted by molar-refractivity contribution is -0.133. The maximum absolute atomic E-state index is 12.7. The normalized spacial score (nSPS) is 14.9. The lowest BCUT2D eigenvalue weighted by Gasteiger charge is -2.34. The van der Waals surface area contributed by atoms with Gasteiger partial charge in [0.1, 0.15) is 0 Å². The Morgan fingerprint density at radius 1 is 1.16 bits per heavy atom. The number of nitrogens with zero attached hydrogens (tertiary/aromatic N) is 6. The minimum atomic E-state index is 0.185. The molecule has 0 N–H and O–H groups in total. The Kier molecular flexibility index (Phi) is 6.99. The number of aromatic nitrogens is 4. The summed E-state index contributed by atoms with van der Waals surface area (Å²) in [5, 5.41) is 6.85. The van der Waals surface area contributed by atoms with Gasteiger partial charge in [0.25, 0.3) is 0 Å². The van der Waals surface area contributed by atoms with Gasteiger partial charge in [-0.2, -0.15) is 4.98 Å². The number of hydrogen-bond acceptors (Lipinski definition) is 9. The van der Waals surface area contributed by atoms with Gasteiger partial charge in [-0.1, -0.05) is 23.0 Å². The fraction of sp³-hybridized carbons (Fsp3) is 0.476. The molecule has 1 amide bonds. The number of carbonyl (C=O) groups excluding carboxylic acids is 1. The van der Waals surface area contributed by atoms with Crippen LogP contribution in [0.3, 0.4) is 0 Å². The largest absolute Gasteiger partial charge is 0.340 e. The smallest absolute Gasteiger partial charge is 0.241 e. The van der Waals surface area contributed by atoms with Gasteiger partial charge in [0.15, 0.2) is 5.16 Å². The van der Waals surface area contributed by atoms with E-state index in [2.05, 4.69) is 25.0 Å². The van der Waals surface area contributed by atoms with Crippen LogP contribution in [0.1, 0.15) is 29.3 Å². The summed E-state index contributed by atoms with van der Waals surface area (Å²) in [5.74, 6) is 1.44. The number of hydrogen-bond donors (Lipinski definition) is 0.